The lowest BCUT2D eigenvalue weighted by atomic mass is 10.1. The van der Waals surface area contributed by atoms with Gasteiger partial charge in [-0.25, -0.2) is 4.39 Å². The van der Waals surface area contributed by atoms with Gasteiger partial charge >= 0.3 is 0 Å². The molecule has 2 aromatic rings. The normalized spacial score (nSPS) is 12.6. The fourth-order valence-electron chi connectivity index (χ4n) is 2.56. The first-order valence-electron chi connectivity index (χ1n) is 8.82. The Kier molecular flexibility index (Phi) is 5.74. The number of nitrogens with zero attached hydrogens (tertiary/aromatic N) is 2. The van der Waals surface area contributed by atoms with Crippen molar-refractivity contribution >= 4 is 14.1 Å². The van der Waals surface area contributed by atoms with Crippen LogP contribution in [-0.2, 0) is 17.4 Å². The van der Waals surface area contributed by atoms with Crippen LogP contribution in [0.1, 0.15) is 33.3 Å². The zero-order valence-electron chi connectivity index (χ0n) is 16.2. The zero-order valence-corrected chi connectivity index (χ0v) is 17.2. The first kappa shape index (κ1) is 19.7. The molecule has 1 aromatic heterocycles. The van der Waals surface area contributed by atoms with Crippen LogP contribution in [-0.4, -0.2) is 24.7 Å². The summed E-state index contributed by atoms with van der Waals surface area (Å²) < 4.78 is 21.4. The number of anilines is 1. The van der Waals surface area contributed by atoms with Crippen LogP contribution in [0.15, 0.2) is 24.3 Å². The van der Waals surface area contributed by atoms with Gasteiger partial charge in [0.1, 0.15) is 11.6 Å². The largest absolute Gasteiger partial charge is 0.415 e. The Morgan fingerprint density at radius 3 is 2.32 bits per heavy atom. The van der Waals surface area contributed by atoms with E-state index in [1.807, 2.05) is 4.68 Å². The molecule has 2 rings (SSSR count). The quantitative estimate of drug-likeness (QED) is 0.746. The molecule has 0 aliphatic carbocycles. The molecule has 0 unspecified atom stereocenters. The minimum absolute atomic E-state index is 0.171. The highest BCUT2D eigenvalue weighted by atomic mass is 28.4. The first-order chi connectivity index (χ1) is 11.6. The second-order valence-corrected chi connectivity index (χ2v) is 12.7. The fraction of sp³-hybridized carbons (Fsp3) is 0.526. The van der Waals surface area contributed by atoms with Crippen molar-refractivity contribution in [3.63, 3.8) is 0 Å². The number of aromatic nitrogens is 2. The molecule has 0 radical (unpaired) electrons. The third-order valence-electron chi connectivity index (χ3n) is 5.12. The van der Waals surface area contributed by atoms with E-state index in [2.05, 4.69) is 45.9 Å². The summed E-state index contributed by atoms with van der Waals surface area (Å²) in [5, 5.41) is 4.67. The summed E-state index contributed by atoms with van der Waals surface area (Å²) in [6, 6.07) is 6.48. The Morgan fingerprint density at radius 1 is 1.20 bits per heavy atom. The van der Waals surface area contributed by atoms with Crippen LogP contribution in [0, 0.1) is 5.82 Å². The van der Waals surface area contributed by atoms with E-state index in [-0.39, 0.29) is 10.9 Å². The molecule has 1 heterocycles. The maximum Gasteiger partial charge on any atom is 0.192 e. The van der Waals surface area contributed by atoms with Crippen LogP contribution >= 0.6 is 0 Å². The summed E-state index contributed by atoms with van der Waals surface area (Å²) in [6.45, 7) is 14.4. The van der Waals surface area contributed by atoms with E-state index >= 15 is 0 Å². The third-order valence-corrected chi connectivity index (χ3v) is 9.66. The highest BCUT2D eigenvalue weighted by molar-refractivity contribution is 6.74. The van der Waals surface area contributed by atoms with Crippen molar-refractivity contribution in [2.45, 2.75) is 58.8 Å². The van der Waals surface area contributed by atoms with Crippen LogP contribution < -0.4 is 5.73 Å². The van der Waals surface area contributed by atoms with Gasteiger partial charge in [-0.15, -0.1) is 0 Å². The van der Waals surface area contributed by atoms with Gasteiger partial charge in [0.15, 0.2) is 8.32 Å². The highest BCUT2D eigenvalue weighted by Gasteiger charge is 2.37. The number of nitrogen functional groups attached to an aromatic ring is 1. The lowest BCUT2D eigenvalue weighted by Gasteiger charge is -2.36. The predicted molar refractivity (Wildman–Crippen MR) is 105 cm³/mol. The molecule has 25 heavy (non-hydrogen) atoms. The van der Waals surface area contributed by atoms with Crippen LogP contribution in [0.5, 0.6) is 0 Å². The van der Waals surface area contributed by atoms with Crippen molar-refractivity contribution in [1.29, 1.82) is 0 Å². The van der Waals surface area contributed by atoms with Gasteiger partial charge < -0.3 is 10.2 Å². The summed E-state index contributed by atoms with van der Waals surface area (Å²) in [5.74, 6) is 0.288. The summed E-state index contributed by atoms with van der Waals surface area (Å²) >= 11 is 0. The maximum absolute atomic E-state index is 13.3. The SMILES string of the molecule is CCc1c(N)nn(CCO[Si](C)(C)C(C)(C)C)c1-c1ccc(F)cc1. The highest BCUT2D eigenvalue weighted by Crippen LogP contribution is 2.36. The van der Waals surface area contributed by atoms with Crippen molar-refractivity contribution in [2.75, 3.05) is 12.3 Å². The molecule has 6 heteroatoms. The van der Waals surface area contributed by atoms with Crippen molar-refractivity contribution in [3.05, 3.63) is 35.6 Å². The smallest absolute Gasteiger partial charge is 0.192 e. The second-order valence-electron chi connectivity index (χ2n) is 7.90. The molecule has 0 aliphatic rings. The number of nitrogens with two attached hydrogens (primary N) is 1. The van der Waals surface area contributed by atoms with Gasteiger partial charge in [-0.1, -0.05) is 27.7 Å². The summed E-state index contributed by atoms with van der Waals surface area (Å²) in [4.78, 5) is 0. The minimum Gasteiger partial charge on any atom is -0.415 e. The number of benzene rings is 1. The zero-order chi connectivity index (χ0) is 18.8. The topological polar surface area (TPSA) is 53.1 Å². The van der Waals surface area contributed by atoms with Gasteiger partial charge in [0.2, 0.25) is 0 Å². The van der Waals surface area contributed by atoms with Gasteiger partial charge in [-0.2, -0.15) is 5.10 Å². The summed E-state index contributed by atoms with van der Waals surface area (Å²) in [5.41, 5.74) is 8.99. The molecular weight excluding hydrogens is 333 g/mol. The van der Waals surface area contributed by atoms with E-state index in [0.717, 1.165) is 23.2 Å². The molecule has 0 spiro atoms. The average molecular weight is 364 g/mol. The Bertz CT molecular complexity index is 718. The maximum atomic E-state index is 13.3. The van der Waals surface area contributed by atoms with Crippen molar-refractivity contribution in [1.82, 2.24) is 9.78 Å². The average Bonchev–Trinajstić information content (AvgIpc) is 2.82. The van der Waals surface area contributed by atoms with Gasteiger partial charge in [-0.05, 0) is 48.8 Å². The van der Waals surface area contributed by atoms with Gasteiger partial charge in [0, 0.05) is 11.1 Å². The van der Waals surface area contributed by atoms with E-state index in [1.54, 1.807) is 12.1 Å². The molecule has 0 saturated carbocycles. The molecule has 0 saturated heterocycles. The number of hydrogen-bond acceptors (Lipinski definition) is 3. The molecule has 4 nitrogen and oxygen atoms in total. The molecule has 0 atom stereocenters. The third kappa shape index (κ3) is 4.30. The van der Waals surface area contributed by atoms with Gasteiger partial charge in [0.25, 0.3) is 0 Å². The van der Waals surface area contributed by atoms with E-state index in [0.29, 0.717) is 19.0 Å². The summed E-state index contributed by atoms with van der Waals surface area (Å²) in [6.07, 6.45) is 0.779. The van der Waals surface area contributed by atoms with Crippen LogP contribution in [0.2, 0.25) is 18.1 Å². The predicted octanol–water partition coefficient (Wildman–Crippen LogP) is 4.86. The van der Waals surface area contributed by atoms with Crippen LogP contribution in [0.4, 0.5) is 10.2 Å². The van der Waals surface area contributed by atoms with Crippen molar-refractivity contribution in [2.24, 2.45) is 0 Å². The van der Waals surface area contributed by atoms with E-state index in [4.69, 9.17) is 10.2 Å². The van der Waals surface area contributed by atoms with Crippen molar-refractivity contribution < 1.29 is 8.82 Å². The molecule has 0 amide bonds. The molecule has 138 valence electrons. The Labute approximate surface area is 151 Å². The molecule has 1 aromatic carbocycles. The monoisotopic (exact) mass is 363 g/mol. The fourth-order valence-corrected chi connectivity index (χ4v) is 3.60. The molecule has 2 N–H and O–H groups in total. The molecular formula is C19H30FN3OSi. The number of halogens is 1. The van der Waals surface area contributed by atoms with Gasteiger partial charge in [-0.3, -0.25) is 4.68 Å². The van der Waals surface area contributed by atoms with E-state index in [9.17, 15) is 4.39 Å². The van der Waals surface area contributed by atoms with E-state index < -0.39 is 8.32 Å². The van der Waals surface area contributed by atoms with Crippen LogP contribution in [0.25, 0.3) is 11.3 Å². The Morgan fingerprint density at radius 2 is 1.80 bits per heavy atom. The summed E-state index contributed by atoms with van der Waals surface area (Å²) in [7, 11) is -1.80. The minimum atomic E-state index is -1.80. The Balaban J connectivity index is 2.25. The molecule has 0 bridgehead atoms. The molecule has 0 fully saturated rings. The van der Waals surface area contributed by atoms with Crippen LogP contribution in [0.3, 0.4) is 0 Å². The van der Waals surface area contributed by atoms with Crippen molar-refractivity contribution in [3.8, 4) is 11.3 Å². The lowest BCUT2D eigenvalue weighted by molar-refractivity contribution is 0.267. The number of rotatable bonds is 6. The first-order valence-corrected chi connectivity index (χ1v) is 11.7. The standard InChI is InChI=1S/C19H30FN3OSi/c1-7-16-17(14-8-10-15(20)11-9-14)23(22-18(16)21)12-13-24-25(5,6)19(2,3)4/h8-11H,7,12-13H2,1-6H3,(H2,21,22). The lowest BCUT2D eigenvalue weighted by Crippen LogP contribution is -2.41. The second kappa shape index (κ2) is 7.29. The molecule has 0 aliphatic heterocycles. The number of hydrogen-bond donors (Lipinski definition) is 1. The van der Waals surface area contributed by atoms with E-state index in [1.165, 1.54) is 12.1 Å². The van der Waals surface area contributed by atoms with Gasteiger partial charge in [0.05, 0.1) is 18.8 Å². The Hall–Kier alpha value is -1.66.